The van der Waals surface area contributed by atoms with Crippen LogP contribution >= 0.6 is 0 Å². The fourth-order valence-corrected chi connectivity index (χ4v) is 8.22. The maximum Gasteiger partial charge on any atom is 0.409 e. The fourth-order valence-electron chi connectivity index (χ4n) is 8.22. The summed E-state index contributed by atoms with van der Waals surface area (Å²) in [5, 5.41) is 59.8. The van der Waals surface area contributed by atoms with Gasteiger partial charge in [0.2, 0.25) is 23.0 Å². The Morgan fingerprint density at radius 2 is 1.69 bits per heavy atom. The van der Waals surface area contributed by atoms with E-state index in [0.717, 1.165) is 31.3 Å². The van der Waals surface area contributed by atoms with E-state index in [-0.39, 0.29) is 11.1 Å². The number of nitrogens with zero attached hydrogens (tertiary/aromatic N) is 1. The van der Waals surface area contributed by atoms with Gasteiger partial charge in [-0.25, -0.2) is 9.59 Å². The number of aryl methyl sites for hydroxylation is 1. The number of benzene rings is 2. The Hall–Kier alpha value is -5.24. The van der Waals surface area contributed by atoms with E-state index in [1.54, 1.807) is 6.92 Å². The number of aromatic hydroxyl groups is 2. The molecule has 0 radical (unpaired) electrons. The number of aliphatic hydroxyl groups is 3. The number of hydrogen-bond donors (Lipinski definition) is 6. The highest BCUT2D eigenvalue weighted by Crippen LogP contribution is 2.57. The van der Waals surface area contributed by atoms with Crippen molar-refractivity contribution >= 4 is 35.2 Å². The molecule has 55 heavy (non-hydrogen) atoms. The van der Waals surface area contributed by atoms with Gasteiger partial charge in [0, 0.05) is 57.5 Å². The highest BCUT2D eigenvalue weighted by molar-refractivity contribution is 6.31. The second kappa shape index (κ2) is 13.8. The predicted molar refractivity (Wildman–Crippen MR) is 184 cm³/mol. The number of rotatable bonds is 7. The van der Waals surface area contributed by atoms with E-state index in [1.807, 2.05) is 0 Å². The van der Waals surface area contributed by atoms with Crippen LogP contribution in [0.2, 0.25) is 0 Å². The average Bonchev–Trinajstić information content (AvgIpc) is 3.12. The largest absolute Gasteiger partial charge is 0.507 e. The van der Waals surface area contributed by atoms with E-state index in [1.165, 1.54) is 34.2 Å². The number of fused-ring (bicyclic) bond motifs is 5. The van der Waals surface area contributed by atoms with Crippen LogP contribution in [0.1, 0.15) is 75.4 Å². The third kappa shape index (κ3) is 5.38. The van der Waals surface area contributed by atoms with Crippen molar-refractivity contribution in [2.45, 2.75) is 62.1 Å². The monoisotopic (exact) mass is 768 g/mol. The summed E-state index contributed by atoms with van der Waals surface area (Å²) in [6, 6.07) is 2.15. The van der Waals surface area contributed by atoms with Crippen molar-refractivity contribution in [2.24, 2.45) is 5.92 Å². The van der Waals surface area contributed by atoms with E-state index in [4.69, 9.17) is 23.7 Å². The molecule has 1 amide bonds. The number of ketones is 4. The summed E-state index contributed by atoms with van der Waals surface area (Å²) >= 11 is 0. The van der Waals surface area contributed by atoms with Gasteiger partial charge >= 0.3 is 12.1 Å². The Balaban J connectivity index is 1.56. The molecule has 6 rings (SSSR count). The van der Waals surface area contributed by atoms with Gasteiger partial charge in [0.05, 0.1) is 48.7 Å². The summed E-state index contributed by atoms with van der Waals surface area (Å²) < 4.78 is 27.3. The first kappa shape index (κ1) is 39.5. The summed E-state index contributed by atoms with van der Waals surface area (Å²) in [7, 11) is 5.94. The summed E-state index contributed by atoms with van der Waals surface area (Å²) in [5.41, 5.74) is -10.6. The lowest BCUT2D eigenvalue weighted by molar-refractivity contribution is -0.214. The highest BCUT2D eigenvalue weighted by Gasteiger charge is 2.74. The van der Waals surface area contributed by atoms with Crippen molar-refractivity contribution in [3.8, 4) is 11.5 Å². The number of ether oxygens (including phenoxy) is 5. The van der Waals surface area contributed by atoms with Gasteiger partial charge in [0.25, 0.3) is 0 Å². The molecule has 0 spiro atoms. The van der Waals surface area contributed by atoms with E-state index in [9.17, 15) is 54.3 Å². The molecule has 4 aliphatic rings. The van der Waals surface area contributed by atoms with Crippen LogP contribution in [0.5, 0.6) is 11.5 Å². The Morgan fingerprint density at radius 1 is 1.02 bits per heavy atom. The molecule has 1 heterocycles. The van der Waals surface area contributed by atoms with Gasteiger partial charge in [-0.2, -0.15) is 0 Å². The number of carbonyl (C=O) groups excluding carboxylic acids is 6. The normalized spacial score (nSPS) is 29.7. The molecule has 0 saturated carbocycles. The molecule has 1 unspecified atom stereocenters. The maximum atomic E-state index is 15.0. The third-order valence-electron chi connectivity index (χ3n) is 10.9. The average molecular weight is 769 g/mol. The molecule has 1 fully saturated rings. The Bertz CT molecular complexity index is 2090. The second-order valence-electron chi connectivity index (χ2n) is 14.0. The summed E-state index contributed by atoms with van der Waals surface area (Å²) in [6.07, 6.45) is -6.61. The highest BCUT2D eigenvalue weighted by atomic mass is 16.6. The SMILES string of the molecule is COC(=O)c1c(C)cc2c(c1O)[C@]1(O)C(=O)c3cc4c(c(O)c3C(=O)[C@]1(OC)[C@H](OC(=O)N(C)C)C2)C(=O)C=C(NC1O[C@@H](C)[C@H](OC)[C@@H](O)[C@H]1CO)C4=O. The topological polar surface area (TPSA) is 265 Å². The van der Waals surface area contributed by atoms with E-state index in [0.29, 0.717) is 0 Å². The first-order chi connectivity index (χ1) is 25.9. The molecule has 1 aliphatic heterocycles. The van der Waals surface area contributed by atoms with Gasteiger partial charge < -0.3 is 59.4 Å². The van der Waals surface area contributed by atoms with E-state index in [2.05, 4.69) is 5.32 Å². The minimum atomic E-state index is -3.31. The molecule has 0 aromatic heterocycles. The van der Waals surface area contributed by atoms with Crippen LogP contribution in [0.3, 0.4) is 0 Å². The zero-order valence-electron chi connectivity index (χ0n) is 30.8. The molecule has 6 N–H and O–H groups in total. The first-order valence-electron chi connectivity index (χ1n) is 17.0. The number of phenols is 2. The van der Waals surface area contributed by atoms with Crippen LogP contribution in [0.4, 0.5) is 4.79 Å². The predicted octanol–water partition coefficient (Wildman–Crippen LogP) is 0.0494. The van der Waals surface area contributed by atoms with Crippen LogP contribution in [0.15, 0.2) is 23.9 Å². The molecule has 2 aromatic carbocycles. The minimum absolute atomic E-state index is 0.0279. The van der Waals surface area contributed by atoms with Crippen LogP contribution in [0, 0.1) is 12.8 Å². The molecule has 2 aromatic rings. The van der Waals surface area contributed by atoms with Gasteiger partial charge in [-0.15, -0.1) is 0 Å². The Kier molecular flexibility index (Phi) is 9.90. The van der Waals surface area contributed by atoms with Gasteiger partial charge in [-0.3, -0.25) is 19.2 Å². The molecule has 18 nitrogen and oxygen atoms in total. The zero-order valence-corrected chi connectivity index (χ0v) is 30.8. The molecule has 3 aliphatic carbocycles. The Morgan fingerprint density at radius 3 is 2.27 bits per heavy atom. The molecular weight excluding hydrogens is 728 g/mol. The smallest absolute Gasteiger partial charge is 0.409 e. The quantitative estimate of drug-likeness (QED) is 0.203. The Labute approximate surface area is 313 Å². The lowest BCUT2D eigenvalue weighted by atomic mass is 9.56. The van der Waals surface area contributed by atoms with Crippen molar-refractivity contribution in [1.29, 1.82) is 0 Å². The summed E-state index contributed by atoms with van der Waals surface area (Å²) in [5.74, 6) is -8.99. The molecule has 0 bridgehead atoms. The molecule has 18 heteroatoms. The number of methoxy groups -OCH3 is 3. The zero-order chi connectivity index (χ0) is 40.6. The molecular formula is C37H40N2O16. The second-order valence-corrected chi connectivity index (χ2v) is 14.0. The number of esters is 1. The summed E-state index contributed by atoms with van der Waals surface area (Å²) in [4.78, 5) is 84.5. The van der Waals surface area contributed by atoms with Crippen LogP contribution < -0.4 is 5.32 Å². The number of allylic oxidation sites excluding steroid dienone is 2. The van der Waals surface area contributed by atoms with Crippen molar-refractivity contribution in [3.63, 3.8) is 0 Å². The van der Waals surface area contributed by atoms with Gasteiger partial charge in [-0.1, -0.05) is 6.07 Å². The van der Waals surface area contributed by atoms with Crippen molar-refractivity contribution < 1.29 is 78.0 Å². The van der Waals surface area contributed by atoms with Gasteiger partial charge in [0.1, 0.15) is 35.5 Å². The first-order valence-corrected chi connectivity index (χ1v) is 17.0. The van der Waals surface area contributed by atoms with Gasteiger partial charge in [-0.05, 0) is 31.0 Å². The molecule has 294 valence electrons. The lowest BCUT2D eigenvalue weighted by Gasteiger charge is -2.53. The van der Waals surface area contributed by atoms with Crippen molar-refractivity contribution in [3.05, 3.63) is 68.4 Å². The fraction of sp³-hybridized carbons (Fsp3) is 0.459. The number of carbonyl (C=O) groups is 6. The number of nitrogens with one attached hydrogen (secondary N) is 1. The lowest BCUT2D eigenvalue weighted by Crippen LogP contribution is -2.73. The van der Waals surface area contributed by atoms with E-state index >= 15 is 0 Å². The minimum Gasteiger partial charge on any atom is -0.507 e. The number of phenolic OH excluding ortho intramolecular Hbond substituents is 2. The number of aliphatic hydroxyl groups excluding tert-OH is 2. The number of amides is 1. The molecule has 8 atom stereocenters. The van der Waals surface area contributed by atoms with Crippen LogP contribution in [-0.2, 0) is 35.7 Å². The molecule has 1 saturated heterocycles. The summed E-state index contributed by atoms with van der Waals surface area (Å²) in [6.45, 7) is 2.39. The van der Waals surface area contributed by atoms with Gasteiger partial charge in [0.15, 0.2) is 11.4 Å². The standard InChI is InChI=1S/C37H40N2O16/c1-13-8-15-9-21(55-35(49)39(3)4)37(53-7)32(47)24-17(31(46)36(37,50)25(15)29(45)22(13)34(48)52-6)10-16-23(28(24)44)20(41)11-19(26(16)42)38-33-18(12-40)27(43)30(51-5)14(2)54-33/h8,10-11,14,18,21,27,30,33,38,40,43-45,50H,9,12H2,1-7H3/t14-,18+,21+,27-,30-,33?,36-,37+/m0/s1. The van der Waals surface area contributed by atoms with Crippen LogP contribution in [-0.4, -0.2) is 144 Å². The van der Waals surface area contributed by atoms with Crippen molar-refractivity contribution in [2.75, 3.05) is 42.0 Å². The van der Waals surface area contributed by atoms with Crippen LogP contribution in [0.25, 0.3) is 0 Å². The van der Waals surface area contributed by atoms with Crippen molar-refractivity contribution in [1.82, 2.24) is 10.2 Å². The number of hydrogen-bond acceptors (Lipinski definition) is 17. The van der Waals surface area contributed by atoms with E-state index < -0.39 is 147 Å². The third-order valence-corrected chi connectivity index (χ3v) is 10.9. The number of Topliss-reactive ketones (excluding diaryl/α,β-unsaturated/α-hetero) is 3. The maximum absolute atomic E-state index is 15.0.